The molecule has 2 N–H and O–H groups in total. The van der Waals surface area contributed by atoms with Crippen molar-refractivity contribution in [2.75, 3.05) is 11.0 Å². The second kappa shape index (κ2) is 8.39. The number of carboxylic acids is 1. The third-order valence-electron chi connectivity index (χ3n) is 6.37. The number of hydrogen-bond donors (Lipinski definition) is 2. The molecule has 3 atom stereocenters. The highest BCUT2D eigenvalue weighted by Crippen LogP contribution is 2.49. The van der Waals surface area contributed by atoms with Crippen molar-refractivity contribution in [1.82, 2.24) is 4.57 Å². The van der Waals surface area contributed by atoms with Crippen LogP contribution in [0.4, 0.5) is 5.69 Å². The average Bonchev–Trinajstić information content (AvgIpc) is 3.18. The number of halogens is 1. The molecule has 1 aliphatic carbocycles. The zero-order chi connectivity index (χ0) is 24.0. The fraction of sp³-hybridized carbons (Fsp3) is 0.240. The Hall–Kier alpha value is -3.03. The van der Waals surface area contributed by atoms with E-state index in [9.17, 15) is 18.3 Å². The van der Waals surface area contributed by atoms with E-state index in [1.807, 2.05) is 55.6 Å². The number of aliphatic carboxylic acids is 1. The van der Waals surface area contributed by atoms with Gasteiger partial charge < -0.3 is 9.67 Å². The Morgan fingerprint density at radius 1 is 1.18 bits per heavy atom. The molecule has 8 heteroatoms. The van der Waals surface area contributed by atoms with Crippen LogP contribution in [0.1, 0.15) is 19.4 Å². The molecule has 1 aliphatic rings. The fourth-order valence-corrected chi connectivity index (χ4v) is 5.61. The molecule has 6 nitrogen and oxygen atoms in total. The van der Waals surface area contributed by atoms with Gasteiger partial charge in [0, 0.05) is 22.5 Å². The second-order valence-corrected chi connectivity index (χ2v) is 10.6. The van der Waals surface area contributed by atoms with Gasteiger partial charge in [0.15, 0.2) is 0 Å². The Labute approximate surface area is 198 Å². The lowest BCUT2D eigenvalue weighted by molar-refractivity contribution is -0.143. The first-order chi connectivity index (χ1) is 15.6. The van der Waals surface area contributed by atoms with Gasteiger partial charge in [0.25, 0.3) is 0 Å². The highest BCUT2D eigenvalue weighted by atomic mass is 35.5. The van der Waals surface area contributed by atoms with E-state index < -0.39 is 33.4 Å². The van der Waals surface area contributed by atoms with Crippen LogP contribution in [0.15, 0.2) is 78.5 Å². The summed E-state index contributed by atoms with van der Waals surface area (Å²) >= 11 is 6.19. The molecule has 1 aromatic heterocycles. The molecule has 0 aliphatic heterocycles. The van der Waals surface area contributed by atoms with Gasteiger partial charge in [0.05, 0.1) is 28.9 Å². The van der Waals surface area contributed by atoms with E-state index >= 15 is 0 Å². The van der Waals surface area contributed by atoms with Crippen LogP contribution in [-0.2, 0) is 20.4 Å². The third-order valence-corrected chi connectivity index (χ3v) is 7.21. The molecular formula is C25H25ClN2O4S. The van der Waals surface area contributed by atoms with Crippen LogP contribution in [0.25, 0.3) is 10.9 Å². The summed E-state index contributed by atoms with van der Waals surface area (Å²) in [4.78, 5) is 12.2. The molecule has 0 fully saturated rings. The Balaban J connectivity index is 2.07. The molecular weight excluding hydrogens is 460 g/mol. The third kappa shape index (κ3) is 3.96. The van der Waals surface area contributed by atoms with Crippen molar-refractivity contribution in [3.05, 3.63) is 89.1 Å². The average molecular weight is 485 g/mol. The maximum atomic E-state index is 12.2. The van der Waals surface area contributed by atoms with Gasteiger partial charge in [-0.1, -0.05) is 55.0 Å². The number of carboxylic acid groups (broad SMARTS) is 1. The molecule has 172 valence electrons. The van der Waals surface area contributed by atoms with E-state index in [-0.39, 0.29) is 0 Å². The number of allylic oxidation sites excluding steroid dienone is 4. The molecule has 1 heterocycles. The van der Waals surface area contributed by atoms with Gasteiger partial charge in [-0.05, 0) is 48.4 Å². The number of anilines is 1. The van der Waals surface area contributed by atoms with E-state index in [4.69, 9.17) is 11.6 Å². The lowest BCUT2D eigenvalue weighted by Gasteiger charge is -2.46. The first-order valence-electron chi connectivity index (χ1n) is 10.5. The largest absolute Gasteiger partial charge is 0.481 e. The summed E-state index contributed by atoms with van der Waals surface area (Å²) in [7, 11) is -3.48. The van der Waals surface area contributed by atoms with Crippen LogP contribution in [0, 0.1) is 11.8 Å². The summed E-state index contributed by atoms with van der Waals surface area (Å²) in [5.41, 5.74) is 2.24. The smallest absolute Gasteiger partial charge is 0.306 e. The van der Waals surface area contributed by atoms with E-state index in [0.717, 1.165) is 28.3 Å². The van der Waals surface area contributed by atoms with Gasteiger partial charge in [-0.25, -0.2) is 8.42 Å². The maximum absolute atomic E-state index is 12.2. The number of nitrogens with one attached hydrogen (secondary N) is 1. The van der Waals surface area contributed by atoms with Crippen LogP contribution in [0.2, 0.25) is 5.02 Å². The molecule has 0 saturated carbocycles. The van der Waals surface area contributed by atoms with Gasteiger partial charge in [0.1, 0.15) is 0 Å². The van der Waals surface area contributed by atoms with Crippen molar-refractivity contribution >= 4 is 44.2 Å². The summed E-state index contributed by atoms with van der Waals surface area (Å²) in [6.45, 7) is 3.70. The molecule has 0 saturated heterocycles. The number of nitrogens with zero attached hydrogens (tertiary/aromatic N) is 1. The van der Waals surface area contributed by atoms with Gasteiger partial charge >= 0.3 is 5.97 Å². The van der Waals surface area contributed by atoms with Crippen LogP contribution in [0.5, 0.6) is 0 Å². The van der Waals surface area contributed by atoms with E-state index in [0.29, 0.717) is 10.7 Å². The van der Waals surface area contributed by atoms with Gasteiger partial charge in [-0.15, -0.1) is 0 Å². The predicted octanol–water partition coefficient (Wildman–Crippen LogP) is 5.26. The number of rotatable bonds is 6. The summed E-state index contributed by atoms with van der Waals surface area (Å²) in [5.74, 6) is -2.01. The monoisotopic (exact) mass is 484 g/mol. The van der Waals surface area contributed by atoms with Crippen molar-refractivity contribution in [3.63, 3.8) is 0 Å². The predicted molar refractivity (Wildman–Crippen MR) is 132 cm³/mol. The van der Waals surface area contributed by atoms with Crippen molar-refractivity contribution in [1.29, 1.82) is 0 Å². The van der Waals surface area contributed by atoms with Gasteiger partial charge in [-0.3, -0.25) is 9.52 Å². The first-order valence-corrected chi connectivity index (χ1v) is 12.8. The summed E-state index contributed by atoms with van der Waals surface area (Å²) < 4.78 is 28.5. The minimum Gasteiger partial charge on any atom is -0.481 e. The molecule has 0 amide bonds. The number of hydrogen-bond acceptors (Lipinski definition) is 3. The first kappa shape index (κ1) is 23.1. The van der Waals surface area contributed by atoms with E-state index in [1.165, 1.54) is 0 Å². The zero-order valence-corrected chi connectivity index (χ0v) is 20.1. The molecule has 4 rings (SSSR count). The molecule has 3 unspecified atom stereocenters. The lowest BCUT2D eigenvalue weighted by atomic mass is 9.66. The maximum Gasteiger partial charge on any atom is 0.306 e. The van der Waals surface area contributed by atoms with Crippen molar-refractivity contribution < 1.29 is 18.3 Å². The van der Waals surface area contributed by atoms with Gasteiger partial charge in [-0.2, -0.15) is 0 Å². The Kier molecular flexibility index (Phi) is 5.88. The minimum atomic E-state index is -3.48. The van der Waals surface area contributed by atoms with Crippen molar-refractivity contribution in [2.24, 2.45) is 11.8 Å². The van der Waals surface area contributed by atoms with Crippen molar-refractivity contribution in [2.45, 2.75) is 19.4 Å². The number of carbonyl (C=O) groups is 1. The minimum absolute atomic E-state index is 0.414. The van der Waals surface area contributed by atoms with E-state index in [2.05, 4.69) is 9.29 Å². The highest BCUT2D eigenvalue weighted by Gasteiger charge is 2.48. The lowest BCUT2D eigenvalue weighted by Crippen LogP contribution is -2.47. The topological polar surface area (TPSA) is 88.4 Å². The van der Waals surface area contributed by atoms with Crippen LogP contribution >= 0.6 is 11.6 Å². The standard InChI is InChI=1S/C25H25ClN2O4S/c1-16-6-4-7-21(17(2)24(29)30)25(16,18-10-12-19(26)13-11-18)28-15-14-20-22(27-33(3,31)32)8-5-9-23(20)28/h4-15,17,21,27H,1-3H3,(H,29,30). The molecule has 0 spiro atoms. The molecule has 0 radical (unpaired) electrons. The number of aromatic nitrogens is 1. The van der Waals surface area contributed by atoms with Crippen molar-refractivity contribution in [3.8, 4) is 0 Å². The van der Waals surface area contributed by atoms with Gasteiger partial charge in [0.2, 0.25) is 10.0 Å². The normalized spacial score (nSPS) is 21.6. The molecule has 2 aromatic carbocycles. The quantitative estimate of drug-likeness (QED) is 0.499. The van der Waals surface area contributed by atoms with Crippen LogP contribution in [-0.4, -0.2) is 30.3 Å². The highest BCUT2D eigenvalue weighted by molar-refractivity contribution is 7.92. The fourth-order valence-electron chi connectivity index (χ4n) is 4.91. The van der Waals surface area contributed by atoms with Crippen LogP contribution < -0.4 is 4.72 Å². The van der Waals surface area contributed by atoms with E-state index in [1.54, 1.807) is 31.2 Å². The summed E-state index contributed by atoms with van der Waals surface area (Å²) in [6.07, 6.45) is 8.83. The van der Waals surface area contributed by atoms with Crippen LogP contribution in [0.3, 0.4) is 0 Å². The number of benzene rings is 2. The SMILES string of the molecule is CC1=CC=CC(C(C)C(=O)O)C1(c1ccc(Cl)cc1)n1ccc2c(NS(C)(=O)=O)cccc21. The molecule has 33 heavy (non-hydrogen) atoms. The summed E-state index contributed by atoms with van der Waals surface area (Å²) in [6, 6.07) is 14.7. The molecule has 3 aromatic rings. The summed E-state index contributed by atoms with van der Waals surface area (Å²) in [5, 5.41) is 11.3. The molecule has 0 bridgehead atoms. The number of sulfonamides is 1. The zero-order valence-electron chi connectivity index (χ0n) is 18.5. The Morgan fingerprint density at radius 2 is 1.88 bits per heavy atom. The Morgan fingerprint density at radius 3 is 2.52 bits per heavy atom. The second-order valence-electron chi connectivity index (χ2n) is 8.46. The number of fused-ring (bicyclic) bond motifs is 1. The Bertz CT molecular complexity index is 1390.